The van der Waals surface area contributed by atoms with Crippen molar-refractivity contribution in [3.8, 4) is 0 Å². The van der Waals surface area contributed by atoms with Gasteiger partial charge >= 0.3 is 0 Å². The van der Waals surface area contributed by atoms with Crippen LogP contribution in [0.5, 0.6) is 0 Å². The second-order valence-electron chi connectivity index (χ2n) is 5.62. The van der Waals surface area contributed by atoms with Gasteiger partial charge in [-0.05, 0) is 19.8 Å². The zero-order valence-corrected chi connectivity index (χ0v) is 10.1. The van der Waals surface area contributed by atoms with Gasteiger partial charge in [-0.25, -0.2) is 0 Å². The zero-order valence-electron chi connectivity index (χ0n) is 10.1. The second kappa shape index (κ2) is 4.25. The van der Waals surface area contributed by atoms with E-state index < -0.39 is 0 Å². The third kappa shape index (κ3) is 2.25. The first-order chi connectivity index (χ1) is 7.12. The average molecular weight is 209 g/mol. The van der Waals surface area contributed by atoms with E-state index in [0.717, 1.165) is 19.5 Å². The standard InChI is InChI=1S/C13H23NO/c1-11-10-14(9-6-12(11)15)13(2)7-4-3-5-8-13/h11H,3-10H2,1-2H3. The van der Waals surface area contributed by atoms with Gasteiger partial charge in [0, 0.05) is 31.0 Å². The van der Waals surface area contributed by atoms with Gasteiger partial charge in [-0.1, -0.05) is 26.2 Å². The van der Waals surface area contributed by atoms with E-state index in [1.165, 1.54) is 32.1 Å². The largest absolute Gasteiger partial charge is 0.299 e. The van der Waals surface area contributed by atoms with E-state index in [2.05, 4.69) is 18.7 Å². The predicted octanol–water partition coefficient (Wildman–Crippen LogP) is 2.62. The minimum absolute atomic E-state index is 0.262. The van der Waals surface area contributed by atoms with Gasteiger partial charge in [0.1, 0.15) is 5.78 Å². The molecule has 2 aliphatic rings. The maximum absolute atomic E-state index is 11.5. The van der Waals surface area contributed by atoms with Gasteiger partial charge in [-0.2, -0.15) is 0 Å². The fourth-order valence-electron chi connectivity index (χ4n) is 3.14. The number of rotatable bonds is 1. The molecule has 2 nitrogen and oxygen atoms in total. The molecule has 0 aromatic carbocycles. The smallest absolute Gasteiger partial charge is 0.138 e. The van der Waals surface area contributed by atoms with Gasteiger partial charge in [-0.3, -0.25) is 9.69 Å². The van der Waals surface area contributed by atoms with Gasteiger partial charge in [-0.15, -0.1) is 0 Å². The maximum atomic E-state index is 11.5. The Bertz CT molecular complexity index is 243. The summed E-state index contributed by atoms with van der Waals surface area (Å²) >= 11 is 0. The summed E-state index contributed by atoms with van der Waals surface area (Å²) in [4.78, 5) is 14.1. The molecule has 86 valence electrons. The molecule has 1 aliphatic carbocycles. The molecule has 0 radical (unpaired) electrons. The van der Waals surface area contributed by atoms with E-state index in [0.29, 0.717) is 11.3 Å². The minimum atomic E-state index is 0.262. The maximum Gasteiger partial charge on any atom is 0.138 e. The van der Waals surface area contributed by atoms with Crippen LogP contribution in [0, 0.1) is 5.92 Å². The van der Waals surface area contributed by atoms with Crippen molar-refractivity contribution in [3.63, 3.8) is 0 Å². The van der Waals surface area contributed by atoms with Gasteiger partial charge in [0.2, 0.25) is 0 Å². The van der Waals surface area contributed by atoms with Crippen LogP contribution in [0.4, 0.5) is 0 Å². The highest BCUT2D eigenvalue weighted by molar-refractivity contribution is 5.81. The molecule has 15 heavy (non-hydrogen) atoms. The molecule has 1 saturated heterocycles. The summed E-state index contributed by atoms with van der Waals surface area (Å²) in [5.41, 5.74) is 0.396. The van der Waals surface area contributed by atoms with E-state index in [-0.39, 0.29) is 5.92 Å². The van der Waals surface area contributed by atoms with Crippen molar-refractivity contribution < 1.29 is 4.79 Å². The lowest BCUT2D eigenvalue weighted by atomic mass is 9.80. The van der Waals surface area contributed by atoms with Crippen LogP contribution in [0.15, 0.2) is 0 Å². The number of hydrogen-bond acceptors (Lipinski definition) is 2. The number of carbonyl (C=O) groups is 1. The molecule has 1 aliphatic heterocycles. The van der Waals surface area contributed by atoms with Gasteiger partial charge in [0.15, 0.2) is 0 Å². The number of carbonyl (C=O) groups excluding carboxylic acids is 1. The van der Waals surface area contributed by atoms with Crippen LogP contribution < -0.4 is 0 Å². The van der Waals surface area contributed by atoms with Crippen molar-refractivity contribution in [3.05, 3.63) is 0 Å². The number of hydrogen-bond donors (Lipinski definition) is 0. The predicted molar refractivity (Wildman–Crippen MR) is 61.9 cm³/mol. The molecule has 0 bridgehead atoms. The summed E-state index contributed by atoms with van der Waals surface area (Å²) in [5.74, 6) is 0.725. The fraction of sp³-hybridized carbons (Fsp3) is 0.923. The molecule has 1 saturated carbocycles. The summed E-state index contributed by atoms with van der Waals surface area (Å²) in [5, 5.41) is 0. The number of ketones is 1. The Morgan fingerprint density at radius 3 is 2.53 bits per heavy atom. The van der Waals surface area contributed by atoms with Crippen LogP contribution in [0.1, 0.15) is 52.4 Å². The molecular weight excluding hydrogens is 186 g/mol. The average Bonchev–Trinajstić information content (AvgIpc) is 2.23. The van der Waals surface area contributed by atoms with E-state index in [9.17, 15) is 4.79 Å². The number of piperidine rings is 1. The minimum Gasteiger partial charge on any atom is -0.299 e. The van der Waals surface area contributed by atoms with Gasteiger partial charge in [0.05, 0.1) is 0 Å². The molecule has 2 heteroatoms. The normalized spacial score (nSPS) is 32.9. The quantitative estimate of drug-likeness (QED) is 0.661. The third-order valence-electron chi connectivity index (χ3n) is 4.37. The van der Waals surface area contributed by atoms with Gasteiger partial charge < -0.3 is 0 Å². The molecule has 1 atom stereocenters. The Morgan fingerprint density at radius 2 is 1.93 bits per heavy atom. The van der Waals surface area contributed by atoms with E-state index in [1.54, 1.807) is 0 Å². The summed E-state index contributed by atoms with van der Waals surface area (Å²) < 4.78 is 0. The molecule has 0 N–H and O–H groups in total. The molecule has 1 heterocycles. The van der Waals surface area contributed by atoms with Gasteiger partial charge in [0.25, 0.3) is 0 Å². The number of Topliss-reactive ketones (excluding diaryl/α,β-unsaturated/α-hetero) is 1. The molecule has 1 unspecified atom stereocenters. The first-order valence-electron chi connectivity index (χ1n) is 6.40. The van der Waals surface area contributed by atoms with Crippen LogP contribution in [0.3, 0.4) is 0 Å². The molecule has 0 aromatic heterocycles. The lowest BCUT2D eigenvalue weighted by molar-refractivity contribution is -0.127. The van der Waals surface area contributed by atoms with E-state index >= 15 is 0 Å². The third-order valence-corrected chi connectivity index (χ3v) is 4.37. The fourth-order valence-corrected chi connectivity index (χ4v) is 3.14. The summed E-state index contributed by atoms with van der Waals surface area (Å²) in [6, 6.07) is 0. The first-order valence-corrected chi connectivity index (χ1v) is 6.40. The Labute approximate surface area is 93.0 Å². The second-order valence-corrected chi connectivity index (χ2v) is 5.62. The van der Waals surface area contributed by atoms with E-state index in [1.807, 2.05) is 0 Å². The molecule has 0 aromatic rings. The molecule has 0 spiro atoms. The molecule has 0 amide bonds. The van der Waals surface area contributed by atoms with Crippen molar-refractivity contribution in [2.24, 2.45) is 5.92 Å². The lowest BCUT2D eigenvalue weighted by Crippen LogP contribution is -2.53. The van der Waals surface area contributed by atoms with Crippen molar-refractivity contribution in [1.82, 2.24) is 4.90 Å². The highest BCUT2D eigenvalue weighted by Crippen LogP contribution is 2.35. The van der Waals surface area contributed by atoms with Crippen molar-refractivity contribution in [1.29, 1.82) is 0 Å². The Balaban J connectivity index is 2.00. The Kier molecular flexibility index (Phi) is 3.15. The number of likely N-dealkylation sites (tertiary alicyclic amines) is 1. The van der Waals surface area contributed by atoms with Crippen LogP contribution in [0.2, 0.25) is 0 Å². The van der Waals surface area contributed by atoms with E-state index in [4.69, 9.17) is 0 Å². The Hall–Kier alpha value is -0.370. The SMILES string of the molecule is CC1CN(C2(C)CCCCC2)CCC1=O. The van der Waals surface area contributed by atoms with Crippen molar-refractivity contribution in [2.75, 3.05) is 13.1 Å². The van der Waals surface area contributed by atoms with Crippen LogP contribution in [-0.2, 0) is 4.79 Å². The first kappa shape index (κ1) is 11.1. The lowest BCUT2D eigenvalue weighted by Gasteiger charge is -2.47. The van der Waals surface area contributed by atoms with Crippen LogP contribution in [-0.4, -0.2) is 29.3 Å². The molecular formula is C13H23NO. The highest BCUT2D eigenvalue weighted by atomic mass is 16.1. The highest BCUT2D eigenvalue weighted by Gasteiger charge is 2.37. The van der Waals surface area contributed by atoms with Crippen LogP contribution >= 0.6 is 0 Å². The van der Waals surface area contributed by atoms with Crippen LogP contribution in [0.25, 0.3) is 0 Å². The topological polar surface area (TPSA) is 20.3 Å². The van der Waals surface area contributed by atoms with Crippen molar-refractivity contribution in [2.45, 2.75) is 57.9 Å². The monoisotopic (exact) mass is 209 g/mol. The summed E-state index contributed by atoms with van der Waals surface area (Å²) in [6.45, 7) is 6.48. The number of nitrogens with zero attached hydrogens (tertiary/aromatic N) is 1. The molecule has 2 fully saturated rings. The van der Waals surface area contributed by atoms with Crippen molar-refractivity contribution >= 4 is 5.78 Å². The summed E-state index contributed by atoms with van der Waals surface area (Å²) in [7, 11) is 0. The molecule has 2 rings (SSSR count). The zero-order chi connectivity index (χ0) is 10.9. The Morgan fingerprint density at radius 1 is 1.27 bits per heavy atom. The summed E-state index contributed by atoms with van der Waals surface area (Å²) in [6.07, 6.45) is 7.57.